The molecule has 4 heteroatoms. The van der Waals surface area contributed by atoms with Gasteiger partial charge in [0.15, 0.2) is 0 Å². The van der Waals surface area contributed by atoms with Crippen LogP contribution in [0.25, 0.3) is 0 Å². The molecule has 0 aliphatic heterocycles. The van der Waals surface area contributed by atoms with Crippen molar-refractivity contribution in [1.29, 1.82) is 0 Å². The Kier molecular flexibility index (Phi) is 9.83. The number of rotatable bonds is 8. The summed E-state index contributed by atoms with van der Waals surface area (Å²) in [5.41, 5.74) is 1.54. The van der Waals surface area contributed by atoms with E-state index in [4.69, 9.17) is 21.1 Å². The van der Waals surface area contributed by atoms with Crippen LogP contribution in [-0.4, -0.2) is 13.2 Å². The summed E-state index contributed by atoms with van der Waals surface area (Å²) >= 11 is 5.96. The molecule has 113 valence electrons. The maximum absolute atomic E-state index is 5.96. The molecule has 1 atom stereocenters. The Morgan fingerprint density at radius 2 is 2.14 bits per heavy atom. The van der Waals surface area contributed by atoms with Gasteiger partial charge in [-0.2, -0.15) is 0 Å². The number of hydrogen-bond donors (Lipinski definition) is 0. The standard InChI is InChI=1S/C17H22ClO2.Y/c1-19-11-3-2-6-14-7-4-8-15(14)13-20-17-10-5-9-16(18)12-17;/h5,7,9-10,12,15H,1-4,6,8,11,13H2;/q-1;/t15-;/m1./s1. The molecule has 1 aromatic rings. The molecule has 0 saturated heterocycles. The molecule has 2 nitrogen and oxygen atoms in total. The molecule has 1 aliphatic carbocycles. The second-order valence-electron chi connectivity index (χ2n) is 5.19. The third kappa shape index (κ3) is 6.82. The second kappa shape index (κ2) is 10.8. The summed E-state index contributed by atoms with van der Waals surface area (Å²) in [7, 11) is 3.39. The topological polar surface area (TPSA) is 18.5 Å². The van der Waals surface area contributed by atoms with Gasteiger partial charge in [0, 0.05) is 50.3 Å². The summed E-state index contributed by atoms with van der Waals surface area (Å²) in [5, 5.41) is 0.720. The molecule has 21 heavy (non-hydrogen) atoms. The fraction of sp³-hybridized carbons (Fsp3) is 0.471. The van der Waals surface area contributed by atoms with Crippen molar-refractivity contribution in [2.45, 2.75) is 32.1 Å². The number of allylic oxidation sites excluding steroid dienone is 1. The van der Waals surface area contributed by atoms with Gasteiger partial charge in [0.05, 0.1) is 6.61 Å². The van der Waals surface area contributed by atoms with E-state index in [9.17, 15) is 0 Å². The van der Waals surface area contributed by atoms with E-state index in [2.05, 4.69) is 13.2 Å². The van der Waals surface area contributed by atoms with Crippen molar-refractivity contribution in [3.8, 4) is 5.75 Å². The SMILES string of the molecule is [CH2-]OCCCCC1=CCC[C@@H]1COc1cccc(Cl)c1.[Y]. The van der Waals surface area contributed by atoms with E-state index in [-0.39, 0.29) is 32.7 Å². The number of ether oxygens (including phenoxy) is 2. The third-order valence-corrected chi connectivity index (χ3v) is 3.93. The van der Waals surface area contributed by atoms with Crippen molar-refractivity contribution in [3.63, 3.8) is 0 Å². The van der Waals surface area contributed by atoms with Gasteiger partial charge in [-0.1, -0.05) is 29.3 Å². The molecular weight excluding hydrogens is 361 g/mol. The molecule has 1 aromatic carbocycles. The van der Waals surface area contributed by atoms with Crippen LogP contribution >= 0.6 is 11.6 Å². The van der Waals surface area contributed by atoms with Crippen molar-refractivity contribution < 1.29 is 42.2 Å². The average Bonchev–Trinajstić information content (AvgIpc) is 2.89. The van der Waals surface area contributed by atoms with E-state index in [1.807, 2.05) is 24.3 Å². The summed E-state index contributed by atoms with van der Waals surface area (Å²) in [6.45, 7) is 1.50. The Morgan fingerprint density at radius 3 is 2.90 bits per heavy atom. The van der Waals surface area contributed by atoms with Crippen LogP contribution < -0.4 is 4.74 Å². The van der Waals surface area contributed by atoms with E-state index in [0.29, 0.717) is 5.92 Å². The van der Waals surface area contributed by atoms with Crippen molar-refractivity contribution in [2.24, 2.45) is 5.92 Å². The Morgan fingerprint density at radius 1 is 1.29 bits per heavy atom. The monoisotopic (exact) mass is 382 g/mol. The molecule has 0 spiro atoms. The molecular formula is C17H22ClO2Y-. The molecule has 0 bridgehead atoms. The number of hydrogen-bond acceptors (Lipinski definition) is 2. The first-order chi connectivity index (χ1) is 9.79. The Balaban J connectivity index is 0.00000220. The van der Waals surface area contributed by atoms with Gasteiger partial charge >= 0.3 is 0 Å². The zero-order valence-corrected chi connectivity index (χ0v) is 16.0. The molecule has 2 rings (SSSR count). The fourth-order valence-electron chi connectivity index (χ4n) is 2.61. The van der Waals surface area contributed by atoms with Crippen LogP contribution in [-0.2, 0) is 37.4 Å². The molecule has 0 aromatic heterocycles. The summed E-state index contributed by atoms with van der Waals surface area (Å²) in [6.07, 6.45) is 8.12. The van der Waals surface area contributed by atoms with Crippen LogP contribution in [0.1, 0.15) is 32.1 Å². The van der Waals surface area contributed by atoms with E-state index in [1.54, 1.807) is 0 Å². The van der Waals surface area contributed by atoms with Crippen LogP contribution in [0.3, 0.4) is 0 Å². The smallest absolute Gasteiger partial charge is 0.120 e. The number of halogens is 1. The zero-order chi connectivity index (χ0) is 14.2. The third-order valence-electron chi connectivity index (χ3n) is 3.70. The molecule has 0 fully saturated rings. The summed E-state index contributed by atoms with van der Waals surface area (Å²) in [6, 6.07) is 7.60. The molecule has 0 N–H and O–H groups in total. The summed E-state index contributed by atoms with van der Waals surface area (Å²) in [4.78, 5) is 0. The zero-order valence-electron chi connectivity index (χ0n) is 12.4. The molecule has 0 saturated carbocycles. The summed E-state index contributed by atoms with van der Waals surface area (Å²) < 4.78 is 10.7. The van der Waals surface area contributed by atoms with Crippen molar-refractivity contribution in [1.82, 2.24) is 0 Å². The minimum Gasteiger partial charge on any atom is -0.555 e. The van der Waals surface area contributed by atoms with E-state index >= 15 is 0 Å². The molecule has 1 aliphatic rings. The van der Waals surface area contributed by atoms with Gasteiger partial charge < -0.3 is 9.47 Å². The largest absolute Gasteiger partial charge is 0.555 e. The van der Waals surface area contributed by atoms with E-state index in [0.717, 1.165) is 43.2 Å². The van der Waals surface area contributed by atoms with Crippen LogP contribution in [0.5, 0.6) is 5.75 Å². The molecule has 0 unspecified atom stereocenters. The second-order valence-corrected chi connectivity index (χ2v) is 5.62. The Hall–Kier alpha value is 0.114. The van der Waals surface area contributed by atoms with Gasteiger partial charge in [0.2, 0.25) is 0 Å². The van der Waals surface area contributed by atoms with Crippen LogP contribution in [0.4, 0.5) is 0 Å². The maximum Gasteiger partial charge on any atom is 0.120 e. The summed E-state index contributed by atoms with van der Waals surface area (Å²) in [5.74, 6) is 1.41. The predicted molar refractivity (Wildman–Crippen MR) is 82.9 cm³/mol. The number of unbranched alkanes of at least 4 members (excludes halogenated alkanes) is 1. The van der Waals surface area contributed by atoms with Gasteiger partial charge in [-0.25, -0.2) is 7.11 Å². The molecule has 0 amide bonds. The average molecular weight is 383 g/mol. The van der Waals surface area contributed by atoms with Crippen LogP contribution in [0.15, 0.2) is 35.9 Å². The van der Waals surface area contributed by atoms with Crippen molar-refractivity contribution in [2.75, 3.05) is 13.2 Å². The normalized spacial score (nSPS) is 17.2. The van der Waals surface area contributed by atoms with Gasteiger partial charge in [-0.3, -0.25) is 0 Å². The van der Waals surface area contributed by atoms with E-state index in [1.165, 1.54) is 18.4 Å². The predicted octanol–water partition coefficient (Wildman–Crippen LogP) is 5.03. The maximum atomic E-state index is 5.96. The van der Waals surface area contributed by atoms with Gasteiger partial charge in [0.1, 0.15) is 5.75 Å². The van der Waals surface area contributed by atoms with Gasteiger partial charge in [-0.15, -0.1) is 0 Å². The fourth-order valence-corrected chi connectivity index (χ4v) is 2.79. The Labute approximate surface area is 158 Å². The molecule has 0 heterocycles. The first kappa shape index (κ1) is 19.2. The quantitative estimate of drug-likeness (QED) is 0.356. The minimum atomic E-state index is 0. The van der Waals surface area contributed by atoms with Gasteiger partial charge in [-0.05, 0) is 50.3 Å². The van der Waals surface area contributed by atoms with Crippen LogP contribution in [0, 0.1) is 13.0 Å². The Bertz CT molecular complexity index is 448. The minimum absolute atomic E-state index is 0. The number of benzene rings is 1. The van der Waals surface area contributed by atoms with Gasteiger partial charge in [0.25, 0.3) is 0 Å². The van der Waals surface area contributed by atoms with Crippen LogP contribution in [0.2, 0.25) is 5.02 Å². The first-order valence-electron chi connectivity index (χ1n) is 7.24. The van der Waals surface area contributed by atoms with E-state index < -0.39 is 0 Å². The molecule has 1 radical (unpaired) electrons. The first-order valence-corrected chi connectivity index (χ1v) is 7.61. The van der Waals surface area contributed by atoms with Crippen molar-refractivity contribution in [3.05, 3.63) is 48.0 Å². The van der Waals surface area contributed by atoms with Crippen molar-refractivity contribution >= 4 is 11.6 Å².